The molecule has 0 saturated carbocycles. The van der Waals surface area contributed by atoms with Crippen LogP contribution in [0.3, 0.4) is 0 Å². The van der Waals surface area contributed by atoms with Crippen LogP contribution in [0.2, 0.25) is 0 Å². The minimum atomic E-state index is -3.37. The zero-order chi connectivity index (χ0) is 14.3. The van der Waals surface area contributed by atoms with Crippen molar-refractivity contribution in [2.45, 2.75) is 0 Å². The summed E-state index contributed by atoms with van der Waals surface area (Å²) in [5, 5.41) is 20.9. The monoisotopic (exact) mass is 288 g/mol. The number of nitrogens with zero attached hydrogens (tertiary/aromatic N) is 5. The van der Waals surface area contributed by atoms with Crippen LogP contribution in [0.5, 0.6) is 0 Å². The largest absolute Gasteiger partial charge is 0.284 e. The summed E-state index contributed by atoms with van der Waals surface area (Å²) < 4.78 is 26.3. The maximum Gasteiger partial charge on any atom is 0.229 e. The topological polar surface area (TPSA) is 113 Å². The van der Waals surface area contributed by atoms with Crippen molar-refractivity contribution in [3.63, 3.8) is 0 Å². The summed E-state index contributed by atoms with van der Waals surface area (Å²) in [4.78, 5) is 0. The van der Waals surface area contributed by atoms with Gasteiger partial charge in [-0.2, -0.15) is 10.4 Å². The number of nitrogens with one attached hydrogen (secondary N) is 1. The van der Waals surface area contributed by atoms with Gasteiger partial charge in [-0.3, -0.25) is 4.72 Å². The summed E-state index contributed by atoms with van der Waals surface area (Å²) in [5.74, 6) is 0. The fraction of sp³-hybridized carbons (Fsp3) is 0.0909. The lowest BCUT2D eigenvalue weighted by molar-refractivity contribution is 0.607. The standard InChI is InChI=1S/C11H8N6O2S/c1-20(18,19)16-8-2-3-9-10(4-8)17-11(15-14-9)7(5-12)6-13-17/h2-4,6,16H,1H3. The van der Waals surface area contributed by atoms with Crippen molar-refractivity contribution in [3.8, 4) is 6.07 Å². The molecule has 9 heteroatoms. The molecule has 0 unspecified atom stereocenters. The lowest BCUT2D eigenvalue weighted by Gasteiger charge is -2.05. The van der Waals surface area contributed by atoms with E-state index in [1.54, 1.807) is 18.2 Å². The van der Waals surface area contributed by atoms with Crippen LogP contribution in [0, 0.1) is 11.3 Å². The number of nitriles is 1. The molecule has 1 N–H and O–H groups in total. The van der Waals surface area contributed by atoms with Gasteiger partial charge >= 0.3 is 0 Å². The minimum absolute atomic E-state index is 0.306. The van der Waals surface area contributed by atoms with E-state index >= 15 is 0 Å². The molecular weight excluding hydrogens is 280 g/mol. The normalized spacial score (nSPS) is 11.6. The van der Waals surface area contributed by atoms with E-state index in [0.717, 1.165) is 6.26 Å². The summed E-state index contributed by atoms with van der Waals surface area (Å²) in [6, 6.07) is 6.77. The number of fused-ring (bicyclic) bond motifs is 3. The Morgan fingerprint density at radius 1 is 1.35 bits per heavy atom. The molecule has 3 rings (SSSR count). The van der Waals surface area contributed by atoms with Crippen LogP contribution in [-0.4, -0.2) is 34.5 Å². The molecule has 100 valence electrons. The smallest absolute Gasteiger partial charge is 0.229 e. The SMILES string of the molecule is CS(=O)(=O)Nc1ccc2nnc3c(C#N)cnn3c2c1. The van der Waals surface area contributed by atoms with E-state index in [0.29, 0.717) is 27.9 Å². The van der Waals surface area contributed by atoms with Crippen molar-refractivity contribution in [1.82, 2.24) is 19.8 Å². The van der Waals surface area contributed by atoms with E-state index in [-0.39, 0.29) is 0 Å². The van der Waals surface area contributed by atoms with Crippen molar-refractivity contribution in [2.24, 2.45) is 0 Å². The number of rotatable bonds is 2. The number of hydrogen-bond acceptors (Lipinski definition) is 6. The number of benzene rings is 1. The van der Waals surface area contributed by atoms with Gasteiger partial charge in [-0.05, 0) is 18.2 Å². The summed E-state index contributed by atoms with van der Waals surface area (Å²) in [5.41, 5.74) is 2.13. The molecule has 0 atom stereocenters. The molecule has 2 heterocycles. The van der Waals surface area contributed by atoms with Crippen LogP contribution in [0.15, 0.2) is 24.4 Å². The Balaban J connectivity index is 2.29. The highest BCUT2D eigenvalue weighted by Gasteiger charge is 2.10. The molecule has 20 heavy (non-hydrogen) atoms. The zero-order valence-corrected chi connectivity index (χ0v) is 11.1. The number of aromatic nitrogens is 4. The maximum atomic E-state index is 11.2. The average Bonchev–Trinajstić information content (AvgIpc) is 2.80. The van der Waals surface area contributed by atoms with Crippen molar-refractivity contribution < 1.29 is 8.42 Å². The highest BCUT2D eigenvalue weighted by Crippen LogP contribution is 2.19. The summed E-state index contributed by atoms with van der Waals surface area (Å²) in [6.07, 6.45) is 2.46. The van der Waals surface area contributed by atoms with E-state index in [1.807, 2.05) is 6.07 Å². The van der Waals surface area contributed by atoms with E-state index in [9.17, 15) is 8.42 Å². The highest BCUT2D eigenvalue weighted by molar-refractivity contribution is 7.92. The van der Waals surface area contributed by atoms with Gasteiger partial charge in [-0.1, -0.05) is 0 Å². The van der Waals surface area contributed by atoms with Crippen molar-refractivity contribution in [2.75, 3.05) is 11.0 Å². The second kappa shape index (κ2) is 4.14. The van der Waals surface area contributed by atoms with Crippen LogP contribution in [-0.2, 0) is 10.0 Å². The molecule has 1 aromatic carbocycles. The van der Waals surface area contributed by atoms with Crippen molar-refractivity contribution in [3.05, 3.63) is 30.0 Å². The van der Waals surface area contributed by atoms with Gasteiger partial charge in [0.1, 0.15) is 17.1 Å². The Morgan fingerprint density at radius 3 is 2.85 bits per heavy atom. The maximum absolute atomic E-state index is 11.2. The van der Waals surface area contributed by atoms with Crippen LogP contribution in [0.25, 0.3) is 16.7 Å². The van der Waals surface area contributed by atoms with Crippen molar-refractivity contribution in [1.29, 1.82) is 5.26 Å². The first-order valence-corrected chi connectivity index (χ1v) is 7.39. The molecule has 0 saturated heterocycles. The summed E-state index contributed by atoms with van der Waals surface area (Å²) >= 11 is 0. The Bertz CT molecular complexity index is 970. The van der Waals surface area contributed by atoms with Crippen LogP contribution < -0.4 is 4.72 Å². The predicted molar refractivity (Wildman–Crippen MR) is 71.5 cm³/mol. The molecule has 0 aliphatic rings. The molecule has 0 aliphatic heterocycles. The quantitative estimate of drug-likeness (QED) is 0.735. The molecule has 3 aromatic rings. The van der Waals surface area contributed by atoms with Crippen LogP contribution in [0.4, 0.5) is 5.69 Å². The third-order valence-electron chi connectivity index (χ3n) is 2.62. The van der Waals surface area contributed by atoms with E-state index < -0.39 is 10.0 Å². The first-order chi connectivity index (χ1) is 9.48. The van der Waals surface area contributed by atoms with E-state index in [2.05, 4.69) is 20.0 Å². The van der Waals surface area contributed by atoms with E-state index in [4.69, 9.17) is 5.26 Å². The summed E-state index contributed by atoms with van der Waals surface area (Å²) in [6.45, 7) is 0. The molecule has 0 bridgehead atoms. The van der Waals surface area contributed by atoms with E-state index in [1.165, 1.54) is 10.7 Å². The number of sulfonamides is 1. The van der Waals surface area contributed by atoms with Crippen LogP contribution in [0.1, 0.15) is 5.56 Å². The molecule has 0 fully saturated rings. The molecule has 0 aliphatic carbocycles. The van der Waals surface area contributed by atoms with Gasteiger partial charge in [0, 0.05) is 0 Å². The van der Waals surface area contributed by atoms with Crippen molar-refractivity contribution >= 4 is 32.4 Å². The Hall–Kier alpha value is -2.73. The molecule has 0 radical (unpaired) electrons. The fourth-order valence-electron chi connectivity index (χ4n) is 1.85. The van der Waals surface area contributed by atoms with Crippen LogP contribution >= 0.6 is 0 Å². The van der Waals surface area contributed by atoms with Gasteiger partial charge in [-0.15, -0.1) is 10.2 Å². The van der Waals surface area contributed by atoms with Gasteiger partial charge in [0.25, 0.3) is 0 Å². The fourth-order valence-corrected chi connectivity index (χ4v) is 2.40. The zero-order valence-electron chi connectivity index (χ0n) is 10.3. The van der Waals surface area contributed by atoms with Gasteiger partial charge in [0.05, 0.1) is 23.7 Å². The Kier molecular flexibility index (Phi) is 2.55. The first kappa shape index (κ1) is 12.3. The molecular formula is C11H8N6O2S. The highest BCUT2D eigenvalue weighted by atomic mass is 32.2. The number of hydrogen-bond donors (Lipinski definition) is 1. The first-order valence-electron chi connectivity index (χ1n) is 5.50. The Morgan fingerprint density at radius 2 is 2.15 bits per heavy atom. The second-order valence-electron chi connectivity index (χ2n) is 4.18. The summed E-state index contributed by atoms with van der Waals surface area (Å²) in [7, 11) is -3.37. The molecule has 8 nitrogen and oxygen atoms in total. The minimum Gasteiger partial charge on any atom is -0.284 e. The van der Waals surface area contributed by atoms with Gasteiger partial charge in [0.2, 0.25) is 10.0 Å². The van der Waals surface area contributed by atoms with Gasteiger partial charge in [-0.25, -0.2) is 12.9 Å². The second-order valence-corrected chi connectivity index (χ2v) is 5.93. The molecule has 0 amide bonds. The lowest BCUT2D eigenvalue weighted by Crippen LogP contribution is -2.09. The molecule has 0 spiro atoms. The third-order valence-corrected chi connectivity index (χ3v) is 3.23. The Labute approximate surface area is 113 Å². The number of anilines is 1. The average molecular weight is 288 g/mol. The van der Waals surface area contributed by atoms with Gasteiger partial charge < -0.3 is 0 Å². The predicted octanol–water partition coefficient (Wildman–Crippen LogP) is 0.521. The lowest BCUT2D eigenvalue weighted by atomic mass is 10.3. The molecule has 2 aromatic heterocycles. The third kappa shape index (κ3) is 2.02. The van der Waals surface area contributed by atoms with Gasteiger partial charge in [0.15, 0.2) is 5.65 Å².